The molecule has 424 valence electrons. The lowest BCUT2D eigenvalue weighted by Crippen LogP contribution is -2.30. The molecule has 6 heteroatoms. The van der Waals surface area contributed by atoms with E-state index in [2.05, 4.69) is 81.5 Å². The molecule has 73 heavy (non-hydrogen) atoms. The van der Waals surface area contributed by atoms with Crippen molar-refractivity contribution in [2.75, 3.05) is 13.2 Å². The molecule has 1 atom stereocenters. The number of allylic oxidation sites excluding steroid dienone is 10. The van der Waals surface area contributed by atoms with Crippen molar-refractivity contribution in [1.82, 2.24) is 0 Å². The van der Waals surface area contributed by atoms with Crippen molar-refractivity contribution in [3.63, 3.8) is 0 Å². The Hall–Kier alpha value is -2.89. The Morgan fingerprint density at radius 3 is 0.836 bits per heavy atom. The van der Waals surface area contributed by atoms with E-state index in [1.807, 2.05) is 0 Å². The lowest BCUT2D eigenvalue weighted by Gasteiger charge is -2.18. The van der Waals surface area contributed by atoms with E-state index in [9.17, 15) is 14.4 Å². The van der Waals surface area contributed by atoms with Gasteiger partial charge in [-0.05, 0) is 64.2 Å². The van der Waals surface area contributed by atoms with Crippen LogP contribution in [0.1, 0.15) is 329 Å². The van der Waals surface area contributed by atoms with Gasteiger partial charge in [-0.3, -0.25) is 14.4 Å². The van der Waals surface area contributed by atoms with Gasteiger partial charge in [-0.1, -0.05) is 306 Å². The van der Waals surface area contributed by atoms with Crippen molar-refractivity contribution in [3.05, 3.63) is 60.8 Å². The summed E-state index contributed by atoms with van der Waals surface area (Å²) in [7, 11) is 0. The topological polar surface area (TPSA) is 78.9 Å². The van der Waals surface area contributed by atoms with Crippen LogP contribution in [0.25, 0.3) is 0 Å². The zero-order chi connectivity index (χ0) is 52.9. The first kappa shape index (κ1) is 70.1. The van der Waals surface area contributed by atoms with Gasteiger partial charge < -0.3 is 14.2 Å². The number of ether oxygens (including phenoxy) is 3. The summed E-state index contributed by atoms with van der Waals surface area (Å²) in [5.41, 5.74) is 0. The average molecular weight is 1020 g/mol. The Balaban J connectivity index is 4.30. The van der Waals surface area contributed by atoms with E-state index in [-0.39, 0.29) is 31.1 Å². The predicted octanol–water partition coefficient (Wildman–Crippen LogP) is 21.6. The number of carbonyl (C=O) groups is 3. The standard InChI is InChI=1S/C67H120O6/c1-4-7-10-13-16-19-22-25-27-29-31-32-33-34-35-37-38-40-42-45-48-51-54-57-60-66(69)72-63-64(62-71-65(68)59-56-53-50-47-44-24-21-18-15-12-9-6-3)73-67(70)61-58-55-52-49-46-43-41-39-36-30-28-26-23-20-17-14-11-8-5-2/h8,11,17,20,26,28,36,39,43,46,64H,4-7,9-10,12-16,18-19,21-25,27,29-35,37-38,40-42,44-45,47-63H2,1-3H3/b11-8-,20-17-,28-26-,39-36-,46-43-. The molecule has 0 N–H and O–H groups in total. The monoisotopic (exact) mass is 1020 g/mol. The van der Waals surface area contributed by atoms with E-state index in [1.165, 1.54) is 193 Å². The third kappa shape index (κ3) is 59.9. The van der Waals surface area contributed by atoms with Crippen LogP contribution in [0, 0.1) is 0 Å². The van der Waals surface area contributed by atoms with Crippen LogP contribution in [0.4, 0.5) is 0 Å². The molecule has 0 aromatic heterocycles. The fourth-order valence-electron chi connectivity index (χ4n) is 9.30. The highest BCUT2D eigenvalue weighted by Crippen LogP contribution is 2.17. The minimum absolute atomic E-state index is 0.0834. The van der Waals surface area contributed by atoms with Crippen LogP contribution in [-0.2, 0) is 28.6 Å². The molecule has 6 nitrogen and oxygen atoms in total. The molecular weight excluding hydrogens is 901 g/mol. The largest absolute Gasteiger partial charge is 0.462 e. The van der Waals surface area contributed by atoms with Crippen molar-refractivity contribution in [3.8, 4) is 0 Å². The first-order valence-corrected chi connectivity index (χ1v) is 31.8. The average Bonchev–Trinajstić information content (AvgIpc) is 3.39. The first-order valence-electron chi connectivity index (χ1n) is 31.8. The fourth-order valence-corrected chi connectivity index (χ4v) is 9.30. The summed E-state index contributed by atoms with van der Waals surface area (Å²) in [4.78, 5) is 38.2. The van der Waals surface area contributed by atoms with Crippen LogP contribution in [0.5, 0.6) is 0 Å². The second kappa shape index (κ2) is 61.7. The third-order valence-corrected chi connectivity index (χ3v) is 14.0. The van der Waals surface area contributed by atoms with Gasteiger partial charge in [0.15, 0.2) is 6.10 Å². The molecular formula is C67H120O6. The summed E-state index contributed by atoms with van der Waals surface area (Å²) in [5.74, 6) is -0.898. The quantitative estimate of drug-likeness (QED) is 0.0261. The van der Waals surface area contributed by atoms with Crippen LogP contribution in [0.2, 0.25) is 0 Å². The fraction of sp³-hybridized carbons (Fsp3) is 0.806. The van der Waals surface area contributed by atoms with Crippen LogP contribution in [0.15, 0.2) is 60.8 Å². The van der Waals surface area contributed by atoms with Crippen LogP contribution < -0.4 is 0 Å². The van der Waals surface area contributed by atoms with Gasteiger partial charge in [0.05, 0.1) is 0 Å². The van der Waals surface area contributed by atoms with E-state index in [1.54, 1.807) is 0 Å². The van der Waals surface area contributed by atoms with E-state index in [4.69, 9.17) is 14.2 Å². The molecule has 0 heterocycles. The van der Waals surface area contributed by atoms with Gasteiger partial charge in [0.2, 0.25) is 0 Å². The normalized spacial score (nSPS) is 12.4. The molecule has 1 unspecified atom stereocenters. The maximum atomic E-state index is 12.9. The van der Waals surface area contributed by atoms with Gasteiger partial charge in [-0.2, -0.15) is 0 Å². The summed E-state index contributed by atoms with van der Waals surface area (Å²) in [5, 5.41) is 0. The summed E-state index contributed by atoms with van der Waals surface area (Å²) in [6.07, 6.45) is 78.1. The number of esters is 3. The van der Waals surface area contributed by atoms with Crippen molar-refractivity contribution in [1.29, 1.82) is 0 Å². The Kier molecular flexibility index (Phi) is 59.2. The van der Waals surface area contributed by atoms with Gasteiger partial charge in [0.1, 0.15) is 13.2 Å². The summed E-state index contributed by atoms with van der Waals surface area (Å²) < 4.78 is 16.9. The summed E-state index contributed by atoms with van der Waals surface area (Å²) in [6.45, 7) is 6.54. The van der Waals surface area contributed by atoms with Crippen LogP contribution in [0.3, 0.4) is 0 Å². The van der Waals surface area contributed by atoms with Gasteiger partial charge in [-0.15, -0.1) is 0 Å². The summed E-state index contributed by atoms with van der Waals surface area (Å²) >= 11 is 0. The molecule has 0 rings (SSSR count). The van der Waals surface area contributed by atoms with Gasteiger partial charge in [0.25, 0.3) is 0 Å². The Bertz CT molecular complexity index is 1310. The smallest absolute Gasteiger partial charge is 0.306 e. The highest BCUT2D eigenvalue weighted by molar-refractivity contribution is 5.71. The zero-order valence-electron chi connectivity index (χ0n) is 48.7. The van der Waals surface area contributed by atoms with Crippen molar-refractivity contribution >= 4 is 17.9 Å². The SMILES string of the molecule is CC/C=C\C/C=C\C/C=C\C/C=C\C/C=C\CCCCCC(=O)OC(COC(=O)CCCCCCCCCCCCCC)COC(=O)CCCCCCCCCCCCCCCCCCCCCCCCCC. The zero-order valence-corrected chi connectivity index (χ0v) is 48.7. The molecule has 0 aliphatic heterocycles. The summed E-state index contributed by atoms with van der Waals surface area (Å²) in [6, 6.07) is 0. The molecule has 0 aliphatic rings. The molecule has 0 saturated heterocycles. The van der Waals surface area contributed by atoms with Crippen molar-refractivity contribution in [2.45, 2.75) is 335 Å². The molecule has 0 saturated carbocycles. The van der Waals surface area contributed by atoms with Gasteiger partial charge in [-0.25, -0.2) is 0 Å². The Morgan fingerprint density at radius 2 is 0.534 bits per heavy atom. The highest BCUT2D eigenvalue weighted by Gasteiger charge is 2.19. The van der Waals surface area contributed by atoms with Crippen LogP contribution >= 0.6 is 0 Å². The van der Waals surface area contributed by atoms with Crippen molar-refractivity contribution in [2.24, 2.45) is 0 Å². The first-order chi connectivity index (χ1) is 36.0. The Labute approximate surface area is 453 Å². The number of hydrogen-bond acceptors (Lipinski definition) is 6. The maximum absolute atomic E-state index is 12.9. The highest BCUT2D eigenvalue weighted by atomic mass is 16.6. The minimum Gasteiger partial charge on any atom is -0.462 e. The molecule has 0 aliphatic carbocycles. The lowest BCUT2D eigenvalue weighted by atomic mass is 10.0. The van der Waals surface area contributed by atoms with E-state index < -0.39 is 6.10 Å². The van der Waals surface area contributed by atoms with Gasteiger partial charge in [0, 0.05) is 19.3 Å². The van der Waals surface area contributed by atoms with Crippen LogP contribution in [-0.4, -0.2) is 37.2 Å². The second-order valence-electron chi connectivity index (χ2n) is 21.3. The molecule has 0 bridgehead atoms. The number of rotatable bonds is 58. The third-order valence-electron chi connectivity index (χ3n) is 14.0. The minimum atomic E-state index is -0.789. The number of hydrogen-bond donors (Lipinski definition) is 0. The molecule has 0 spiro atoms. The molecule has 0 fully saturated rings. The Morgan fingerprint density at radius 1 is 0.288 bits per heavy atom. The number of unbranched alkanes of at least 4 members (excludes halogenated alkanes) is 37. The lowest BCUT2D eigenvalue weighted by molar-refractivity contribution is -0.167. The molecule has 0 radical (unpaired) electrons. The van der Waals surface area contributed by atoms with E-state index in [0.29, 0.717) is 19.3 Å². The number of carbonyl (C=O) groups excluding carboxylic acids is 3. The predicted molar refractivity (Wildman–Crippen MR) is 316 cm³/mol. The van der Waals surface area contributed by atoms with E-state index >= 15 is 0 Å². The molecule has 0 amide bonds. The molecule has 0 aromatic rings. The molecule has 0 aromatic carbocycles. The van der Waals surface area contributed by atoms with E-state index in [0.717, 1.165) is 96.3 Å². The van der Waals surface area contributed by atoms with Gasteiger partial charge >= 0.3 is 17.9 Å². The second-order valence-corrected chi connectivity index (χ2v) is 21.3. The van der Waals surface area contributed by atoms with Crippen molar-refractivity contribution < 1.29 is 28.6 Å². The maximum Gasteiger partial charge on any atom is 0.306 e.